The van der Waals surface area contributed by atoms with E-state index in [1.54, 1.807) is 0 Å². The minimum absolute atomic E-state index is 0.274. The molecule has 130 valence electrons. The number of hydrogen-bond donors (Lipinski definition) is 1. The highest BCUT2D eigenvalue weighted by Gasteiger charge is 2.18. The van der Waals surface area contributed by atoms with Gasteiger partial charge in [-0.3, -0.25) is 0 Å². The maximum absolute atomic E-state index is 5.81. The summed E-state index contributed by atoms with van der Waals surface area (Å²) in [5.41, 5.74) is 3.52. The first-order chi connectivity index (χ1) is 11.6. The van der Waals surface area contributed by atoms with E-state index in [0.717, 1.165) is 44.2 Å². The maximum Gasteiger partial charge on any atom is 0.0826 e. The zero-order valence-corrected chi connectivity index (χ0v) is 14.9. The van der Waals surface area contributed by atoms with Crippen LogP contribution in [0.15, 0.2) is 36.5 Å². The summed E-state index contributed by atoms with van der Waals surface area (Å²) in [6.07, 6.45) is 2.42. The van der Waals surface area contributed by atoms with Crippen LogP contribution >= 0.6 is 0 Å². The Morgan fingerprint density at radius 1 is 1.29 bits per heavy atom. The molecule has 0 aliphatic carbocycles. The topological polar surface area (TPSA) is 42.3 Å². The fraction of sp³-hybridized carbons (Fsp3) is 0.526. The van der Waals surface area contributed by atoms with Crippen LogP contribution in [0.5, 0.6) is 0 Å². The number of ether oxygens (including phenoxy) is 1. The maximum atomic E-state index is 5.81. The minimum atomic E-state index is 0.274. The first kappa shape index (κ1) is 17.1. The highest BCUT2D eigenvalue weighted by Crippen LogP contribution is 2.20. The van der Waals surface area contributed by atoms with Crippen molar-refractivity contribution in [2.75, 3.05) is 33.3 Å². The Morgan fingerprint density at radius 3 is 2.79 bits per heavy atom. The Balaban J connectivity index is 1.65. The Bertz CT molecular complexity index is 638. The van der Waals surface area contributed by atoms with Gasteiger partial charge in [0.2, 0.25) is 0 Å². The van der Waals surface area contributed by atoms with Crippen LogP contribution in [0.3, 0.4) is 0 Å². The summed E-state index contributed by atoms with van der Waals surface area (Å²) in [7, 11) is 2.15. The second-order valence-electron chi connectivity index (χ2n) is 6.86. The molecule has 0 bridgehead atoms. The largest absolute Gasteiger partial charge is 0.374 e. The monoisotopic (exact) mass is 328 g/mol. The summed E-state index contributed by atoms with van der Waals surface area (Å²) in [4.78, 5) is 2.32. The summed E-state index contributed by atoms with van der Waals surface area (Å²) in [6.45, 7) is 8.93. The zero-order chi connectivity index (χ0) is 16.9. The molecule has 1 saturated heterocycles. The van der Waals surface area contributed by atoms with Gasteiger partial charge in [-0.1, -0.05) is 32.0 Å². The van der Waals surface area contributed by atoms with Gasteiger partial charge < -0.3 is 15.0 Å². The van der Waals surface area contributed by atoms with Crippen molar-refractivity contribution in [1.82, 2.24) is 20.0 Å². The smallest absolute Gasteiger partial charge is 0.0826 e. The molecule has 1 N–H and O–H groups in total. The molecule has 0 saturated carbocycles. The molecule has 0 spiro atoms. The number of rotatable bonds is 6. The SMILES string of the molecule is CC(C)c1nn(-c2ccccc2)cc1CNC[C@@H]1CN(C)CCO1. The lowest BCUT2D eigenvalue weighted by molar-refractivity contribution is -0.0182. The van der Waals surface area contributed by atoms with Crippen molar-refractivity contribution in [3.8, 4) is 5.69 Å². The van der Waals surface area contributed by atoms with E-state index in [1.165, 1.54) is 5.56 Å². The quantitative estimate of drug-likeness (QED) is 0.884. The number of morpholine rings is 1. The van der Waals surface area contributed by atoms with E-state index in [0.29, 0.717) is 5.92 Å². The van der Waals surface area contributed by atoms with Gasteiger partial charge in [0, 0.05) is 37.9 Å². The normalized spacial score (nSPS) is 19.1. The lowest BCUT2D eigenvalue weighted by atomic mass is 10.1. The summed E-state index contributed by atoms with van der Waals surface area (Å²) in [6, 6.07) is 10.3. The molecule has 1 aromatic carbocycles. The summed E-state index contributed by atoms with van der Waals surface area (Å²) >= 11 is 0. The van der Waals surface area contributed by atoms with E-state index in [2.05, 4.69) is 49.4 Å². The molecular weight excluding hydrogens is 300 g/mol. The fourth-order valence-corrected chi connectivity index (χ4v) is 3.12. The number of aromatic nitrogens is 2. The lowest BCUT2D eigenvalue weighted by Gasteiger charge is -2.30. The Hall–Kier alpha value is -1.69. The third kappa shape index (κ3) is 4.23. The van der Waals surface area contributed by atoms with Gasteiger partial charge in [0.25, 0.3) is 0 Å². The lowest BCUT2D eigenvalue weighted by Crippen LogP contribution is -2.44. The molecule has 5 heteroatoms. The summed E-state index contributed by atoms with van der Waals surface area (Å²) in [5.74, 6) is 0.406. The van der Waals surface area contributed by atoms with Crippen molar-refractivity contribution < 1.29 is 4.74 Å². The van der Waals surface area contributed by atoms with Crippen molar-refractivity contribution in [2.24, 2.45) is 0 Å². The number of benzene rings is 1. The van der Waals surface area contributed by atoms with Crippen molar-refractivity contribution >= 4 is 0 Å². The van der Waals surface area contributed by atoms with Crippen LogP contribution in [-0.4, -0.2) is 54.1 Å². The fourth-order valence-electron chi connectivity index (χ4n) is 3.12. The molecule has 0 amide bonds. The third-order valence-corrected chi connectivity index (χ3v) is 4.42. The zero-order valence-electron chi connectivity index (χ0n) is 14.9. The first-order valence-electron chi connectivity index (χ1n) is 8.78. The van der Waals surface area contributed by atoms with Gasteiger partial charge >= 0.3 is 0 Å². The van der Waals surface area contributed by atoms with Gasteiger partial charge in [0.05, 0.1) is 24.1 Å². The third-order valence-electron chi connectivity index (χ3n) is 4.42. The summed E-state index contributed by atoms with van der Waals surface area (Å²) in [5, 5.41) is 8.34. The molecule has 3 rings (SSSR count). The highest BCUT2D eigenvalue weighted by molar-refractivity contribution is 5.33. The summed E-state index contributed by atoms with van der Waals surface area (Å²) < 4.78 is 7.80. The van der Waals surface area contributed by atoms with Crippen LogP contribution in [0.4, 0.5) is 0 Å². The Labute approximate surface area is 144 Å². The first-order valence-corrected chi connectivity index (χ1v) is 8.78. The van der Waals surface area contributed by atoms with Crippen LogP contribution < -0.4 is 5.32 Å². The van der Waals surface area contributed by atoms with E-state index in [1.807, 2.05) is 22.9 Å². The van der Waals surface area contributed by atoms with Crippen molar-refractivity contribution in [1.29, 1.82) is 0 Å². The highest BCUT2D eigenvalue weighted by atomic mass is 16.5. The number of para-hydroxylation sites is 1. The van der Waals surface area contributed by atoms with Gasteiger partial charge in [-0.25, -0.2) is 4.68 Å². The molecule has 1 atom stereocenters. The molecule has 1 aliphatic heterocycles. The molecule has 1 fully saturated rings. The van der Waals surface area contributed by atoms with Gasteiger partial charge in [0.1, 0.15) is 0 Å². The Kier molecular flexibility index (Phi) is 5.66. The number of likely N-dealkylation sites (N-methyl/N-ethyl adjacent to an activating group) is 1. The minimum Gasteiger partial charge on any atom is -0.374 e. The molecule has 2 aromatic rings. The van der Waals surface area contributed by atoms with Crippen molar-refractivity contribution in [2.45, 2.75) is 32.4 Å². The molecule has 0 unspecified atom stereocenters. The second-order valence-corrected chi connectivity index (χ2v) is 6.86. The average molecular weight is 328 g/mol. The molecule has 0 radical (unpaired) electrons. The number of nitrogens with zero attached hydrogens (tertiary/aromatic N) is 3. The van der Waals surface area contributed by atoms with Gasteiger partial charge in [-0.15, -0.1) is 0 Å². The molecule has 5 nitrogen and oxygen atoms in total. The average Bonchev–Trinajstić information content (AvgIpc) is 3.00. The van der Waals surface area contributed by atoms with Crippen LogP contribution in [0.1, 0.15) is 31.0 Å². The van der Waals surface area contributed by atoms with Gasteiger partial charge in [-0.2, -0.15) is 5.10 Å². The van der Waals surface area contributed by atoms with E-state index < -0.39 is 0 Å². The van der Waals surface area contributed by atoms with E-state index in [4.69, 9.17) is 9.84 Å². The van der Waals surface area contributed by atoms with Crippen molar-refractivity contribution in [3.05, 3.63) is 47.8 Å². The van der Waals surface area contributed by atoms with E-state index in [-0.39, 0.29) is 6.10 Å². The van der Waals surface area contributed by atoms with Crippen LogP contribution in [0, 0.1) is 0 Å². The van der Waals surface area contributed by atoms with Gasteiger partial charge in [0.15, 0.2) is 0 Å². The molecular formula is C19H28N4O. The standard InChI is InChI=1S/C19H28N4O/c1-15(2)19-16(11-20-12-18-14-22(3)9-10-24-18)13-23(21-19)17-7-5-4-6-8-17/h4-8,13,15,18,20H,9-12,14H2,1-3H3/t18-/m1/s1. The molecule has 24 heavy (non-hydrogen) atoms. The molecule has 1 aliphatic rings. The van der Waals surface area contributed by atoms with E-state index in [9.17, 15) is 0 Å². The predicted molar refractivity (Wildman–Crippen MR) is 96.6 cm³/mol. The van der Waals surface area contributed by atoms with Crippen LogP contribution in [-0.2, 0) is 11.3 Å². The Morgan fingerprint density at radius 2 is 2.08 bits per heavy atom. The number of hydrogen-bond acceptors (Lipinski definition) is 4. The molecule has 2 heterocycles. The predicted octanol–water partition coefficient (Wildman–Crippen LogP) is 2.42. The van der Waals surface area contributed by atoms with Gasteiger partial charge in [-0.05, 0) is 25.1 Å². The molecule has 1 aromatic heterocycles. The van der Waals surface area contributed by atoms with Crippen LogP contribution in [0.25, 0.3) is 5.69 Å². The number of nitrogens with one attached hydrogen (secondary N) is 1. The van der Waals surface area contributed by atoms with E-state index >= 15 is 0 Å². The van der Waals surface area contributed by atoms with Crippen LogP contribution in [0.2, 0.25) is 0 Å². The second kappa shape index (κ2) is 7.92. The van der Waals surface area contributed by atoms with Crippen molar-refractivity contribution in [3.63, 3.8) is 0 Å².